The van der Waals surface area contributed by atoms with E-state index in [-0.39, 0.29) is 23.0 Å². The second kappa shape index (κ2) is 15.3. The van der Waals surface area contributed by atoms with Gasteiger partial charge in [-0.25, -0.2) is 16.8 Å². The van der Waals surface area contributed by atoms with Gasteiger partial charge in [-0.1, -0.05) is 71.8 Å². The van der Waals surface area contributed by atoms with Crippen LogP contribution in [0.1, 0.15) is 11.1 Å². The topological polar surface area (TPSA) is 93.2 Å². The molecule has 0 aliphatic carbocycles. The number of hydrogen-bond donors (Lipinski definition) is 0. The third-order valence-corrected chi connectivity index (χ3v) is 10.2. The first kappa shape index (κ1) is 33.7. The number of nitrogens with zero attached hydrogens (tertiary/aromatic N) is 2. The fraction of sp³-hybridized carbons (Fsp3) is 0.105. The van der Waals surface area contributed by atoms with Crippen LogP contribution < -0.4 is 18.1 Å². The van der Waals surface area contributed by atoms with Gasteiger partial charge in [0.1, 0.15) is 11.5 Å². The predicted molar refractivity (Wildman–Crippen MR) is 188 cm³/mol. The van der Waals surface area contributed by atoms with Crippen molar-refractivity contribution in [3.63, 3.8) is 0 Å². The minimum Gasteiger partial charge on any atom is -0.481 e. The van der Waals surface area contributed by atoms with Crippen LogP contribution in [0.2, 0.25) is 0 Å². The van der Waals surface area contributed by atoms with Crippen LogP contribution in [-0.4, -0.2) is 30.0 Å². The van der Waals surface area contributed by atoms with Crippen molar-refractivity contribution in [2.45, 2.75) is 23.6 Å². The molecule has 0 spiro atoms. The molecule has 0 fully saturated rings. The third kappa shape index (κ3) is 8.37. The summed E-state index contributed by atoms with van der Waals surface area (Å²) in [4.78, 5) is 0.265. The van der Waals surface area contributed by atoms with E-state index in [2.05, 4.69) is 23.9 Å². The highest BCUT2D eigenvalue weighted by atomic mass is 32.2. The molecule has 0 aromatic heterocycles. The Morgan fingerprint density at radius 1 is 0.479 bits per heavy atom. The first-order chi connectivity index (χ1) is 23.1. The quantitative estimate of drug-likeness (QED) is 0.120. The smallest absolute Gasteiger partial charge is 0.275 e. The maximum Gasteiger partial charge on any atom is 0.275 e. The normalized spacial score (nSPS) is 10.9. The van der Waals surface area contributed by atoms with Crippen molar-refractivity contribution < 1.29 is 26.3 Å². The van der Waals surface area contributed by atoms with E-state index in [4.69, 9.17) is 9.47 Å². The highest BCUT2D eigenvalue weighted by Crippen LogP contribution is 2.25. The Kier molecular flexibility index (Phi) is 10.7. The van der Waals surface area contributed by atoms with Crippen LogP contribution in [0.5, 0.6) is 11.5 Å². The lowest BCUT2D eigenvalue weighted by molar-refractivity contribution is 0.359. The van der Waals surface area contributed by atoms with Gasteiger partial charge in [0.2, 0.25) is 0 Å². The molecule has 8 nitrogen and oxygen atoms in total. The fourth-order valence-electron chi connectivity index (χ4n) is 4.36. The Bertz CT molecular complexity index is 2010. The van der Waals surface area contributed by atoms with E-state index in [1.807, 2.05) is 13.8 Å². The molecule has 5 aromatic rings. The molecule has 0 radical (unpaired) electrons. The second-order valence-electron chi connectivity index (χ2n) is 10.5. The molecular weight excluding hydrogens is 645 g/mol. The standard InChI is InChI=1S/C38H32N2O6S2/c1-31-15-23-37(24-16-31)47(41,42)39(33-11-5-3-6-12-33)27-9-29-45-35-19-21-36(22-20-35)46-30-10-28-40(34-13-7-4-8-14-34)48(43,44)38-25-17-32(2)18-26-38/h3-8,11-26H,29-30H2,1-2H3. The molecule has 0 unspecified atom stereocenters. The zero-order valence-corrected chi connectivity index (χ0v) is 27.9. The van der Waals surface area contributed by atoms with Gasteiger partial charge >= 0.3 is 0 Å². The molecule has 48 heavy (non-hydrogen) atoms. The number of benzene rings is 5. The Labute approximate surface area is 282 Å². The summed E-state index contributed by atoms with van der Waals surface area (Å²) in [6.45, 7) is 3.64. The number of hydrogen-bond acceptors (Lipinski definition) is 6. The lowest BCUT2D eigenvalue weighted by Gasteiger charge is -2.18. The molecular formula is C38H32N2O6S2. The highest BCUT2D eigenvalue weighted by molar-refractivity contribution is 7.93. The van der Waals surface area contributed by atoms with Gasteiger partial charge in [-0.05, 0) is 98.5 Å². The maximum absolute atomic E-state index is 13.4. The number of aryl methyl sites for hydroxylation is 2. The van der Waals surface area contributed by atoms with Crippen molar-refractivity contribution in [2.24, 2.45) is 0 Å². The number of sulfonamides is 2. The molecule has 0 aliphatic rings. The molecule has 0 atom stereocenters. The van der Waals surface area contributed by atoms with E-state index in [1.54, 1.807) is 133 Å². The second-order valence-corrected chi connectivity index (χ2v) is 14.0. The number of para-hydroxylation sites is 2. The van der Waals surface area contributed by atoms with Crippen molar-refractivity contribution >= 4 is 31.4 Å². The lowest BCUT2D eigenvalue weighted by Crippen LogP contribution is -2.26. The van der Waals surface area contributed by atoms with Crippen LogP contribution in [0, 0.1) is 37.8 Å². The summed E-state index contributed by atoms with van der Waals surface area (Å²) in [5.74, 6) is 6.59. The maximum atomic E-state index is 13.4. The molecule has 242 valence electrons. The van der Waals surface area contributed by atoms with Gasteiger partial charge in [0.05, 0.1) is 21.2 Å². The fourth-order valence-corrected chi connectivity index (χ4v) is 6.91. The van der Waals surface area contributed by atoms with Crippen LogP contribution in [0.4, 0.5) is 11.4 Å². The molecule has 0 aliphatic heterocycles. The Morgan fingerprint density at radius 3 is 1.15 bits per heavy atom. The SMILES string of the molecule is Cc1ccc(S(=O)(=O)N(C#CCOc2ccc(OCC#CN(c3ccccc3)S(=O)(=O)c3ccc(C)cc3)cc2)c2ccccc2)cc1. The van der Waals surface area contributed by atoms with E-state index >= 15 is 0 Å². The number of anilines is 2. The first-order valence-corrected chi connectivity index (χ1v) is 17.7. The molecule has 0 saturated carbocycles. The van der Waals surface area contributed by atoms with Crippen LogP contribution in [0.3, 0.4) is 0 Å². The molecule has 0 heterocycles. The van der Waals surface area contributed by atoms with Crippen molar-refractivity contribution in [1.29, 1.82) is 0 Å². The van der Waals surface area contributed by atoms with E-state index < -0.39 is 20.0 Å². The van der Waals surface area contributed by atoms with Gasteiger partial charge in [-0.2, -0.15) is 8.61 Å². The summed E-state index contributed by atoms with van der Waals surface area (Å²) in [5.41, 5.74) is 2.72. The Balaban J connectivity index is 1.22. The summed E-state index contributed by atoms with van der Waals surface area (Å²) in [6, 6.07) is 42.6. The van der Waals surface area contributed by atoms with Crippen molar-refractivity contribution in [1.82, 2.24) is 0 Å². The van der Waals surface area contributed by atoms with Crippen molar-refractivity contribution in [3.05, 3.63) is 145 Å². The molecule has 10 heteroatoms. The van der Waals surface area contributed by atoms with Gasteiger partial charge in [0, 0.05) is 12.1 Å². The van der Waals surface area contributed by atoms with Crippen LogP contribution in [-0.2, 0) is 20.0 Å². The lowest BCUT2D eigenvalue weighted by atomic mass is 10.2. The summed E-state index contributed by atoms with van der Waals surface area (Å²) >= 11 is 0. The largest absolute Gasteiger partial charge is 0.481 e. The molecule has 5 aromatic carbocycles. The van der Waals surface area contributed by atoms with Gasteiger partial charge in [-0.3, -0.25) is 0 Å². The summed E-state index contributed by atoms with van der Waals surface area (Å²) in [7, 11) is -7.88. The first-order valence-electron chi connectivity index (χ1n) is 14.8. The van der Waals surface area contributed by atoms with Crippen LogP contribution in [0.15, 0.2) is 143 Å². The predicted octanol–water partition coefficient (Wildman–Crippen LogP) is 6.77. The highest BCUT2D eigenvalue weighted by Gasteiger charge is 2.25. The van der Waals surface area contributed by atoms with Gasteiger partial charge < -0.3 is 9.47 Å². The minimum absolute atomic E-state index is 0.0663. The number of ether oxygens (including phenoxy) is 2. The Hall–Kier alpha value is -5.68. The summed E-state index contributed by atoms with van der Waals surface area (Å²) in [5, 5.41) is 0. The average Bonchev–Trinajstić information content (AvgIpc) is 3.09. The van der Waals surface area contributed by atoms with Crippen molar-refractivity contribution in [3.8, 4) is 35.4 Å². The minimum atomic E-state index is -3.94. The molecule has 0 N–H and O–H groups in total. The summed E-state index contributed by atoms with van der Waals surface area (Å²) in [6.07, 6.45) is 0. The van der Waals surface area contributed by atoms with E-state index in [0.717, 1.165) is 19.7 Å². The van der Waals surface area contributed by atoms with Crippen LogP contribution >= 0.6 is 0 Å². The number of rotatable bonds is 10. The molecule has 0 bridgehead atoms. The average molecular weight is 677 g/mol. The molecule has 0 amide bonds. The van der Waals surface area contributed by atoms with E-state index in [0.29, 0.717) is 22.9 Å². The summed E-state index contributed by atoms with van der Waals surface area (Å²) < 4.78 is 67.2. The van der Waals surface area contributed by atoms with Gasteiger partial charge in [0.25, 0.3) is 20.0 Å². The zero-order valence-electron chi connectivity index (χ0n) is 26.3. The molecule has 5 rings (SSSR count). The van der Waals surface area contributed by atoms with Gasteiger partial charge in [-0.15, -0.1) is 0 Å². The monoisotopic (exact) mass is 676 g/mol. The third-order valence-electron chi connectivity index (χ3n) is 6.91. The van der Waals surface area contributed by atoms with Crippen molar-refractivity contribution in [2.75, 3.05) is 21.8 Å². The molecule has 0 saturated heterocycles. The van der Waals surface area contributed by atoms with E-state index in [1.165, 1.54) is 0 Å². The zero-order chi connectivity index (χ0) is 34.0. The Morgan fingerprint density at radius 2 is 0.812 bits per heavy atom. The van der Waals surface area contributed by atoms with Crippen LogP contribution in [0.25, 0.3) is 0 Å². The van der Waals surface area contributed by atoms with Gasteiger partial charge in [0.15, 0.2) is 13.2 Å². The van der Waals surface area contributed by atoms with E-state index in [9.17, 15) is 16.8 Å².